The van der Waals surface area contributed by atoms with E-state index in [-0.39, 0.29) is 0 Å². The van der Waals surface area contributed by atoms with Gasteiger partial charge in [0.25, 0.3) is 0 Å². The fraction of sp³-hybridized carbons (Fsp3) is 0.375. The minimum Gasteiger partial charge on any atom is -0.313 e. The first-order valence-electron chi connectivity index (χ1n) is 10.4. The van der Waals surface area contributed by atoms with Crippen LogP contribution in [0.3, 0.4) is 0 Å². The highest BCUT2D eigenvalue weighted by Gasteiger charge is 2.22. The molecule has 1 aromatic heterocycles. The second-order valence-electron chi connectivity index (χ2n) is 8.03. The summed E-state index contributed by atoms with van der Waals surface area (Å²) >= 11 is 6.16. The average molecular weight is 409 g/mol. The molecule has 1 saturated heterocycles. The predicted octanol–water partition coefficient (Wildman–Crippen LogP) is 4.74. The maximum atomic E-state index is 6.16. The van der Waals surface area contributed by atoms with E-state index in [1.165, 1.54) is 37.1 Å². The van der Waals surface area contributed by atoms with Crippen LogP contribution in [0.2, 0.25) is 5.02 Å². The Bertz CT molecular complexity index is 922. The molecule has 0 amide bonds. The predicted molar refractivity (Wildman–Crippen MR) is 120 cm³/mol. The summed E-state index contributed by atoms with van der Waals surface area (Å²) in [6, 6.07) is 18.7. The Balaban J connectivity index is 1.24. The van der Waals surface area contributed by atoms with Crippen molar-refractivity contribution < 1.29 is 0 Å². The normalized spacial score (nSPS) is 17.1. The Hall–Kier alpha value is -2.14. The summed E-state index contributed by atoms with van der Waals surface area (Å²) in [6.45, 7) is 5.35. The first kappa shape index (κ1) is 20.1. The SMILES string of the molecule is Cn1cc(CNCC[C@H]2CCN(Cc3ccccc3)C2)c(-c2cccc(Cl)c2)n1. The second-order valence-corrected chi connectivity index (χ2v) is 8.46. The van der Waals surface area contributed by atoms with E-state index in [1.807, 2.05) is 29.9 Å². The van der Waals surface area contributed by atoms with Crippen molar-refractivity contribution in [2.75, 3.05) is 19.6 Å². The van der Waals surface area contributed by atoms with E-state index in [0.29, 0.717) is 0 Å². The molecule has 1 N–H and O–H groups in total. The van der Waals surface area contributed by atoms with E-state index >= 15 is 0 Å². The number of hydrogen-bond donors (Lipinski definition) is 1. The van der Waals surface area contributed by atoms with Crippen molar-refractivity contribution >= 4 is 11.6 Å². The van der Waals surface area contributed by atoms with Crippen LogP contribution in [0.15, 0.2) is 60.8 Å². The van der Waals surface area contributed by atoms with E-state index in [1.54, 1.807) is 0 Å². The monoisotopic (exact) mass is 408 g/mol. The highest BCUT2D eigenvalue weighted by atomic mass is 35.5. The van der Waals surface area contributed by atoms with Gasteiger partial charge in [-0.25, -0.2) is 0 Å². The maximum Gasteiger partial charge on any atom is 0.0968 e. The molecular weight excluding hydrogens is 380 g/mol. The summed E-state index contributed by atoms with van der Waals surface area (Å²) in [7, 11) is 1.97. The van der Waals surface area contributed by atoms with Crippen molar-refractivity contribution in [3.63, 3.8) is 0 Å². The van der Waals surface area contributed by atoms with E-state index in [9.17, 15) is 0 Å². The van der Waals surface area contributed by atoms with Gasteiger partial charge in [0.1, 0.15) is 0 Å². The summed E-state index contributed by atoms with van der Waals surface area (Å²) in [6.07, 6.45) is 4.62. The first-order valence-corrected chi connectivity index (χ1v) is 10.8. The number of rotatable bonds is 8. The third kappa shape index (κ3) is 5.47. The molecule has 0 bridgehead atoms. The zero-order valence-corrected chi connectivity index (χ0v) is 17.8. The molecule has 29 heavy (non-hydrogen) atoms. The van der Waals surface area contributed by atoms with Crippen molar-refractivity contribution in [2.45, 2.75) is 25.9 Å². The molecule has 0 unspecified atom stereocenters. The molecule has 1 aliphatic heterocycles. The zero-order valence-electron chi connectivity index (χ0n) is 17.0. The lowest BCUT2D eigenvalue weighted by Crippen LogP contribution is -2.22. The highest BCUT2D eigenvalue weighted by molar-refractivity contribution is 6.30. The Kier molecular flexibility index (Phi) is 6.65. The fourth-order valence-electron chi connectivity index (χ4n) is 4.21. The standard InChI is InChI=1S/C24H29ClN4/c1-28-18-22(24(27-28)21-8-5-9-23(25)14-21)15-26-12-10-20-11-13-29(17-20)16-19-6-3-2-4-7-19/h2-9,14,18,20,26H,10-13,15-17H2,1H3/t20-/m0/s1. The number of benzene rings is 2. The molecule has 2 heterocycles. The van der Waals surface area contributed by atoms with Crippen LogP contribution < -0.4 is 5.32 Å². The van der Waals surface area contributed by atoms with Crippen LogP contribution in [-0.2, 0) is 20.1 Å². The minimum absolute atomic E-state index is 0.744. The van der Waals surface area contributed by atoms with Gasteiger partial charge in [-0.1, -0.05) is 54.1 Å². The molecule has 5 heteroatoms. The van der Waals surface area contributed by atoms with Gasteiger partial charge in [0.15, 0.2) is 0 Å². The van der Waals surface area contributed by atoms with Crippen molar-refractivity contribution in [3.8, 4) is 11.3 Å². The lowest BCUT2D eigenvalue weighted by atomic mass is 10.0. The minimum atomic E-state index is 0.744. The Morgan fingerprint density at radius 3 is 2.83 bits per heavy atom. The van der Waals surface area contributed by atoms with E-state index in [0.717, 1.165) is 41.8 Å². The third-order valence-electron chi connectivity index (χ3n) is 5.67. The second kappa shape index (κ2) is 9.57. The summed E-state index contributed by atoms with van der Waals surface area (Å²) in [5.74, 6) is 0.785. The molecular formula is C24H29ClN4. The summed E-state index contributed by atoms with van der Waals surface area (Å²) in [5, 5.41) is 9.01. The number of nitrogens with zero attached hydrogens (tertiary/aromatic N) is 3. The molecule has 1 fully saturated rings. The molecule has 4 nitrogen and oxygen atoms in total. The summed E-state index contributed by atoms with van der Waals surface area (Å²) in [5.41, 5.74) is 4.71. The van der Waals surface area contributed by atoms with Gasteiger partial charge in [-0.05, 0) is 49.5 Å². The van der Waals surface area contributed by atoms with Gasteiger partial charge in [0, 0.05) is 49.0 Å². The van der Waals surface area contributed by atoms with Gasteiger partial charge in [0.05, 0.1) is 5.69 Å². The number of aryl methyl sites for hydroxylation is 1. The van der Waals surface area contributed by atoms with Gasteiger partial charge in [0.2, 0.25) is 0 Å². The van der Waals surface area contributed by atoms with Crippen LogP contribution in [0.1, 0.15) is 24.0 Å². The molecule has 0 aliphatic carbocycles. The van der Waals surface area contributed by atoms with Crippen LogP contribution in [0.5, 0.6) is 0 Å². The highest BCUT2D eigenvalue weighted by Crippen LogP contribution is 2.25. The van der Waals surface area contributed by atoms with Crippen LogP contribution in [0, 0.1) is 5.92 Å². The number of likely N-dealkylation sites (tertiary alicyclic amines) is 1. The first-order chi connectivity index (χ1) is 14.2. The lowest BCUT2D eigenvalue weighted by molar-refractivity contribution is 0.312. The molecule has 1 aliphatic rings. The van der Waals surface area contributed by atoms with E-state index < -0.39 is 0 Å². The molecule has 3 aromatic rings. The molecule has 152 valence electrons. The van der Waals surface area contributed by atoms with Crippen LogP contribution >= 0.6 is 11.6 Å². The van der Waals surface area contributed by atoms with E-state index in [2.05, 4.69) is 57.9 Å². The smallest absolute Gasteiger partial charge is 0.0968 e. The van der Waals surface area contributed by atoms with Gasteiger partial charge >= 0.3 is 0 Å². The Morgan fingerprint density at radius 2 is 2.00 bits per heavy atom. The number of nitrogens with one attached hydrogen (secondary N) is 1. The van der Waals surface area contributed by atoms with Crippen molar-refractivity contribution in [3.05, 3.63) is 76.9 Å². The maximum absolute atomic E-state index is 6.16. The molecule has 4 rings (SSSR count). The molecule has 0 saturated carbocycles. The quantitative estimate of drug-likeness (QED) is 0.546. The van der Waals surface area contributed by atoms with Crippen molar-refractivity contribution in [1.82, 2.24) is 20.0 Å². The molecule has 2 aromatic carbocycles. The van der Waals surface area contributed by atoms with Crippen molar-refractivity contribution in [2.24, 2.45) is 13.0 Å². The van der Waals surface area contributed by atoms with E-state index in [4.69, 9.17) is 11.6 Å². The van der Waals surface area contributed by atoms with Gasteiger partial charge < -0.3 is 5.32 Å². The lowest BCUT2D eigenvalue weighted by Gasteiger charge is -2.16. The topological polar surface area (TPSA) is 33.1 Å². The Morgan fingerprint density at radius 1 is 1.14 bits per heavy atom. The zero-order chi connectivity index (χ0) is 20.1. The molecule has 0 radical (unpaired) electrons. The molecule has 0 spiro atoms. The Labute approximate surface area is 178 Å². The third-order valence-corrected chi connectivity index (χ3v) is 5.90. The van der Waals surface area contributed by atoms with Crippen LogP contribution in [0.4, 0.5) is 0 Å². The van der Waals surface area contributed by atoms with Gasteiger partial charge in [-0.3, -0.25) is 9.58 Å². The molecule has 1 atom stereocenters. The largest absolute Gasteiger partial charge is 0.313 e. The average Bonchev–Trinajstić information content (AvgIpc) is 3.32. The summed E-state index contributed by atoms with van der Waals surface area (Å²) in [4.78, 5) is 2.58. The van der Waals surface area contributed by atoms with Gasteiger partial charge in [-0.2, -0.15) is 5.10 Å². The van der Waals surface area contributed by atoms with Crippen LogP contribution in [-0.4, -0.2) is 34.3 Å². The number of aromatic nitrogens is 2. The van der Waals surface area contributed by atoms with Crippen LogP contribution in [0.25, 0.3) is 11.3 Å². The van der Waals surface area contributed by atoms with Gasteiger partial charge in [-0.15, -0.1) is 0 Å². The van der Waals surface area contributed by atoms with Crippen molar-refractivity contribution in [1.29, 1.82) is 0 Å². The fourth-order valence-corrected chi connectivity index (χ4v) is 4.40. The summed E-state index contributed by atoms with van der Waals surface area (Å²) < 4.78 is 1.88. The number of hydrogen-bond acceptors (Lipinski definition) is 3. The number of halogens is 1.